The van der Waals surface area contributed by atoms with Crippen molar-refractivity contribution in [1.29, 1.82) is 0 Å². The second kappa shape index (κ2) is 7.28. The average molecular weight is 406 g/mol. The predicted molar refractivity (Wildman–Crippen MR) is 106 cm³/mol. The second-order valence-corrected chi connectivity index (χ2v) is 7.66. The molecule has 3 aromatic rings. The summed E-state index contributed by atoms with van der Waals surface area (Å²) in [5.41, 5.74) is 1.68. The number of carbonyl (C=O) groups is 1. The third kappa shape index (κ3) is 3.42. The molecular weight excluding hydrogens is 389 g/mol. The summed E-state index contributed by atoms with van der Waals surface area (Å²) < 4.78 is 13.3. The molecule has 2 N–H and O–H groups in total. The van der Waals surface area contributed by atoms with E-state index in [1.54, 1.807) is 22.6 Å². The van der Waals surface area contributed by atoms with Crippen molar-refractivity contribution in [2.75, 3.05) is 23.7 Å². The van der Waals surface area contributed by atoms with Crippen molar-refractivity contribution in [3.8, 4) is 0 Å². The number of aromatic nitrogens is 2. The standard InChI is InChI=1S/C18H17ClFN5OS/c1-2-21-16-15-11-5-6-25(8-14(11)27-17(15)23-9-22-16)18(26)24-10-3-4-13(20)12(19)7-10/h3-4,7,9H,2,5-6,8H2,1H3,(H,24,26)(H,21,22,23). The van der Waals surface area contributed by atoms with Gasteiger partial charge in [-0.05, 0) is 37.1 Å². The van der Waals surface area contributed by atoms with Crippen LogP contribution in [0.3, 0.4) is 0 Å². The van der Waals surface area contributed by atoms with E-state index < -0.39 is 5.82 Å². The van der Waals surface area contributed by atoms with E-state index >= 15 is 0 Å². The summed E-state index contributed by atoms with van der Waals surface area (Å²) in [4.78, 5) is 25.1. The van der Waals surface area contributed by atoms with Crippen LogP contribution in [0.25, 0.3) is 10.2 Å². The maximum absolute atomic E-state index is 13.3. The molecule has 1 aromatic carbocycles. The molecule has 1 aliphatic rings. The predicted octanol–water partition coefficient (Wildman–Crippen LogP) is 4.51. The Kier molecular flexibility index (Phi) is 4.84. The van der Waals surface area contributed by atoms with Crippen LogP contribution in [0.2, 0.25) is 5.02 Å². The van der Waals surface area contributed by atoms with E-state index in [-0.39, 0.29) is 11.1 Å². The molecular formula is C18H17ClFN5OS. The molecule has 0 unspecified atom stereocenters. The molecule has 0 aliphatic carbocycles. The smallest absolute Gasteiger partial charge is 0.322 e. The topological polar surface area (TPSA) is 70.2 Å². The summed E-state index contributed by atoms with van der Waals surface area (Å²) in [7, 11) is 0. The number of thiophene rings is 1. The first-order chi connectivity index (χ1) is 13.1. The van der Waals surface area contributed by atoms with Gasteiger partial charge in [0.15, 0.2) is 0 Å². The Labute approximate surface area is 164 Å². The number of nitrogens with zero attached hydrogens (tertiary/aromatic N) is 3. The molecule has 27 heavy (non-hydrogen) atoms. The van der Waals surface area contributed by atoms with Crippen molar-refractivity contribution in [2.24, 2.45) is 0 Å². The van der Waals surface area contributed by atoms with Crippen LogP contribution in [0.15, 0.2) is 24.5 Å². The lowest BCUT2D eigenvalue weighted by Crippen LogP contribution is -2.38. The minimum absolute atomic E-state index is 0.0206. The lowest BCUT2D eigenvalue weighted by atomic mass is 10.1. The van der Waals surface area contributed by atoms with E-state index in [2.05, 4.69) is 20.6 Å². The molecule has 1 aliphatic heterocycles. The third-order valence-corrected chi connectivity index (χ3v) is 5.85. The minimum atomic E-state index is -0.514. The van der Waals surface area contributed by atoms with Crippen LogP contribution in [0.1, 0.15) is 17.4 Å². The number of fused-ring (bicyclic) bond motifs is 3. The number of amides is 2. The number of rotatable bonds is 3. The van der Waals surface area contributed by atoms with E-state index in [0.29, 0.717) is 18.8 Å². The van der Waals surface area contributed by atoms with Crippen LogP contribution in [0.5, 0.6) is 0 Å². The van der Waals surface area contributed by atoms with Gasteiger partial charge < -0.3 is 15.5 Å². The maximum atomic E-state index is 13.3. The van der Waals surface area contributed by atoms with Gasteiger partial charge in [0.2, 0.25) is 0 Å². The first-order valence-corrected chi connectivity index (χ1v) is 9.76. The van der Waals surface area contributed by atoms with Gasteiger partial charge in [0.1, 0.15) is 22.8 Å². The van der Waals surface area contributed by atoms with Gasteiger partial charge in [0.25, 0.3) is 0 Å². The summed E-state index contributed by atoms with van der Waals surface area (Å²) in [5.74, 6) is 0.332. The second-order valence-electron chi connectivity index (χ2n) is 6.17. The van der Waals surface area contributed by atoms with Crippen LogP contribution < -0.4 is 10.6 Å². The van der Waals surface area contributed by atoms with Crippen LogP contribution in [-0.2, 0) is 13.0 Å². The molecule has 4 rings (SSSR count). The largest absolute Gasteiger partial charge is 0.370 e. The lowest BCUT2D eigenvalue weighted by molar-refractivity contribution is 0.207. The third-order valence-electron chi connectivity index (χ3n) is 4.44. The Hall–Kier alpha value is -2.45. The van der Waals surface area contributed by atoms with Crippen molar-refractivity contribution in [2.45, 2.75) is 19.9 Å². The zero-order valence-corrected chi connectivity index (χ0v) is 16.1. The lowest BCUT2D eigenvalue weighted by Gasteiger charge is -2.27. The number of hydrogen-bond acceptors (Lipinski definition) is 5. The van der Waals surface area contributed by atoms with Crippen LogP contribution >= 0.6 is 22.9 Å². The van der Waals surface area contributed by atoms with Gasteiger partial charge in [0, 0.05) is 23.7 Å². The van der Waals surface area contributed by atoms with Gasteiger partial charge in [-0.15, -0.1) is 11.3 Å². The molecule has 0 saturated carbocycles. The molecule has 0 saturated heterocycles. The summed E-state index contributed by atoms with van der Waals surface area (Å²) in [6, 6.07) is 3.89. The van der Waals surface area contributed by atoms with Crippen molar-refractivity contribution < 1.29 is 9.18 Å². The maximum Gasteiger partial charge on any atom is 0.322 e. The molecule has 0 spiro atoms. The molecule has 6 nitrogen and oxygen atoms in total. The zero-order valence-electron chi connectivity index (χ0n) is 14.6. The summed E-state index contributed by atoms with van der Waals surface area (Å²) in [5, 5.41) is 7.10. The number of carbonyl (C=O) groups excluding carboxylic acids is 1. The van der Waals surface area contributed by atoms with Crippen LogP contribution in [0, 0.1) is 5.82 Å². The average Bonchev–Trinajstić information content (AvgIpc) is 3.03. The summed E-state index contributed by atoms with van der Waals surface area (Å²) in [6.07, 6.45) is 2.30. The molecule has 0 fully saturated rings. The minimum Gasteiger partial charge on any atom is -0.370 e. The highest BCUT2D eigenvalue weighted by Gasteiger charge is 2.26. The number of benzene rings is 1. The molecule has 2 aromatic heterocycles. The van der Waals surface area contributed by atoms with E-state index in [9.17, 15) is 9.18 Å². The first kappa shape index (κ1) is 17.9. The van der Waals surface area contributed by atoms with Crippen molar-refractivity contribution in [3.05, 3.63) is 45.8 Å². The Morgan fingerprint density at radius 3 is 3.04 bits per heavy atom. The van der Waals surface area contributed by atoms with Gasteiger partial charge in [-0.1, -0.05) is 11.6 Å². The molecule has 140 valence electrons. The van der Waals surface area contributed by atoms with Gasteiger partial charge in [0.05, 0.1) is 17.0 Å². The number of hydrogen-bond donors (Lipinski definition) is 2. The van der Waals surface area contributed by atoms with Gasteiger partial charge in [-0.25, -0.2) is 19.2 Å². The van der Waals surface area contributed by atoms with Gasteiger partial charge in [-0.3, -0.25) is 0 Å². The highest BCUT2D eigenvalue weighted by atomic mass is 35.5. The number of anilines is 2. The summed E-state index contributed by atoms with van der Waals surface area (Å²) in [6.45, 7) is 3.90. The SMILES string of the molecule is CCNc1ncnc2sc3c(c12)CCN(C(=O)Nc1ccc(F)c(Cl)c1)C3. The number of nitrogens with one attached hydrogen (secondary N) is 2. The first-order valence-electron chi connectivity index (χ1n) is 8.57. The zero-order chi connectivity index (χ0) is 19.0. The molecule has 3 heterocycles. The van der Waals surface area contributed by atoms with Crippen LogP contribution in [-0.4, -0.2) is 34.0 Å². The molecule has 0 bridgehead atoms. The highest BCUT2D eigenvalue weighted by Crippen LogP contribution is 2.37. The van der Waals surface area contributed by atoms with Crippen molar-refractivity contribution in [1.82, 2.24) is 14.9 Å². The fourth-order valence-electron chi connectivity index (χ4n) is 3.18. The fraction of sp³-hybridized carbons (Fsp3) is 0.278. The molecule has 9 heteroatoms. The van der Waals surface area contributed by atoms with E-state index in [4.69, 9.17) is 11.6 Å². The van der Waals surface area contributed by atoms with Gasteiger partial charge >= 0.3 is 6.03 Å². The highest BCUT2D eigenvalue weighted by molar-refractivity contribution is 7.19. The molecule has 2 amide bonds. The molecule has 0 radical (unpaired) electrons. The Balaban J connectivity index is 1.56. The Morgan fingerprint density at radius 1 is 1.41 bits per heavy atom. The van der Waals surface area contributed by atoms with Crippen molar-refractivity contribution in [3.63, 3.8) is 0 Å². The van der Waals surface area contributed by atoms with Gasteiger partial charge in [-0.2, -0.15) is 0 Å². The van der Waals surface area contributed by atoms with Crippen molar-refractivity contribution >= 4 is 50.7 Å². The Morgan fingerprint density at radius 2 is 2.26 bits per heavy atom. The monoisotopic (exact) mass is 405 g/mol. The summed E-state index contributed by atoms with van der Waals surface area (Å²) >= 11 is 7.37. The van der Waals surface area contributed by atoms with E-state index in [1.807, 2.05) is 6.92 Å². The Bertz CT molecular complexity index is 1020. The van der Waals surface area contributed by atoms with E-state index in [1.165, 1.54) is 23.8 Å². The number of urea groups is 1. The van der Waals surface area contributed by atoms with Crippen LogP contribution in [0.4, 0.5) is 20.7 Å². The quantitative estimate of drug-likeness (QED) is 0.672. The normalized spacial score (nSPS) is 13.5. The fourth-order valence-corrected chi connectivity index (χ4v) is 4.56. The van der Waals surface area contributed by atoms with E-state index in [0.717, 1.165) is 33.9 Å². The molecule has 0 atom stereocenters. The number of halogens is 2.